The first kappa shape index (κ1) is 13.9. The Balaban J connectivity index is 4.65. The third kappa shape index (κ3) is 4.75. The third-order valence-corrected chi connectivity index (χ3v) is 1.57. The fourth-order valence-electron chi connectivity index (χ4n) is 0.929. The van der Waals surface area contributed by atoms with E-state index in [1.54, 1.807) is 20.8 Å². The predicted octanol–water partition coefficient (Wildman–Crippen LogP) is -0.651. The number of aliphatic hydroxyl groups excluding tert-OH is 1. The van der Waals surface area contributed by atoms with Gasteiger partial charge < -0.3 is 20.7 Å². The average Bonchev–Trinajstić information content (AvgIpc) is 1.99. The molecule has 0 spiro atoms. The highest BCUT2D eigenvalue weighted by molar-refractivity contribution is 5.95. The molecule has 2 unspecified atom stereocenters. The van der Waals surface area contributed by atoms with Crippen LogP contribution in [-0.2, 0) is 14.3 Å². The summed E-state index contributed by atoms with van der Waals surface area (Å²) in [5.74, 6) is -3.86. The van der Waals surface area contributed by atoms with Gasteiger partial charge in [-0.05, 0) is 20.8 Å². The standard InChI is InChI=1S/C9H17NO5/c1-9(2,3)15-8(14)6(7(12)13)5(10)4-11/h5-6,11H,4,10H2,1-3H3,(H,12,13). The maximum atomic E-state index is 11.4. The van der Waals surface area contributed by atoms with E-state index in [4.69, 9.17) is 20.7 Å². The molecule has 2 atom stereocenters. The Hall–Kier alpha value is -1.14. The zero-order chi connectivity index (χ0) is 12.2. The lowest BCUT2D eigenvalue weighted by molar-refractivity contribution is -0.168. The van der Waals surface area contributed by atoms with Gasteiger partial charge in [-0.25, -0.2) is 0 Å². The van der Waals surface area contributed by atoms with Gasteiger partial charge in [-0.15, -0.1) is 0 Å². The summed E-state index contributed by atoms with van der Waals surface area (Å²) >= 11 is 0. The van der Waals surface area contributed by atoms with Crippen LogP contribution in [0, 0.1) is 5.92 Å². The van der Waals surface area contributed by atoms with E-state index in [0.29, 0.717) is 0 Å². The van der Waals surface area contributed by atoms with E-state index in [2.05, 4.69) is 0 Å². The first-order valence-electron chi connectivity index (χ1n) is 4.51. The molecule has 0 saturated heterocycles. The van der Waals surface area contributed by atoms with Crippen LogP contribution in [-0.4, -0.2) is 40.4 Å². The SMILES string of the molecule is CC(C)(C)OC(=O)C(C(=O)O)C(N)CO. The predicted molar refractivity (Wildman–Crippen MR) is 52.0 cm³/mol. The molecule has 0 aromatic rings. The molecule has 15 heavy (non-hydrogen) atoms. The van der Waals surface area contributed by atoms with Crippen molar-refractivity contribution in [3.63, 3.8) is 0 Å². The van der Waals surface area contributed by atoms with E-state index in [1.807, 2.05) is 0 Å². The van der Waals surface area contributed by atoms with Gasteiger partial charge in [-0.3, -0.25) is 9.59 Å². The average molecular weight is 219 g/mol. The van der Waals surface area contributed by atoms with Crippen LogP contribution in [0.15, 0.2) is 0 Å². The molecule has 0 aliphatic carbocycles. The van der Waals surface area contributed by atoms with Crippen molar-refractivity contribution in [2.75, 3.05) is 6.61 Å². The van der Waals surface area contributed by atoms with Crippen LogP contribution in [0.5, 0.6) is 0 Å². The van der Waals surface area contributed by atoms with Gasteiger partial charge >= 0.3 is 11.9 Å². The number of carbonyl (C=O) groups excluding carboxylic acids is 1. The van der Waals surface area contributed by atoms with E-state index in [-0.39, 0.29) is 0 Å². The molecule has 6 heteroatoms. The lowest BCUT2D eigenvalue weighted by Crippen LogP contribution is -2.45. The summed E-state index contributed by atoms with van der Waals surface area (Å²) in [4.78, 5) is 22.1. The molecular formula is C9H17NO5. The molecule has 0 aliphatic heterocycles. The summed E-state index contributed by atoms with van der Waals surface area (Å²) in [6.45, 7) is 4.27. The van der Waals surface area contributed by atoms with Crippen molar-refractivity contribution >= 4 is 11.9 Å². The number of rotatable bonds is 4. The molecular weight excluding hydrogens is 202 g/mol. The van der Waals surface area contributed by atoms with Crippen LogP contribution >= 0.6 is 0 Å². The number of ether oxygens (including phenoxy) is 1. The van der Waals surface area contributed by atoms with Crippen LogP contribution in [0.4, 0.5) is 0 Å². The van der Waals surface area contributed by atoms with E-state index >= 15 is 0 Å². The number of carboxylic acid groups (broad SMARTS) is 1. The Bertz CT molecular complexity index is 245. The van der Waals surface area contributed by atoms with Gasteiger partial charge in [0.15, 0.2) is 5.92 Å². The topological polar surface area (TPSA) is 110 Å². The molecule has 4 N–H and O–H groups in total. The third-order valence-electron chi connectivity index (χ3n) is 1.57. The monoisotopic (exact) mass is 219 g/mol. The van der Waals surface area contributed by atoms with E-state index in [0.717, 1.165) is 0 Å². The number of carbonyl (C=O) groups is 2. The highest BCUT2D eigenvalue weighted by Gasteiger charge is 2.35. The van der Waals surface area contributed by atoms with Crippen molar-refractivity contribution in [1.82, 2.24) is 0 Å². The minimum Gasteiger partial charge on any atom is -0.481 e. The van der Waals surface area contributed by atoms with E-state index in [9.17, 15) is 9.59 Å². The van der Waals surface area contributed by atoms with Gasteiger partial charge in [-0.1, -0.05) is 0 Å². The van der Waals surface area contributed by atoms with Crippen molar-refractivity contribution in [1.29, 1.82) is 0 Å². The maximum absolute atomic E-state index is 11.4. The lowest BCUT2D eigenvalue weighted by Gasteiger charge is -2.24. The quantitative estimate of drug-likeness (QED) is 0.428. The number of hydrogen-bond acceptors (Lipinski definition) is 5. The molecule has 0 amide bonds. The Morgan fingerprint density at radius 3 is 2.13 bits per heavy atom. The molecule has 0 aromatic heterocycles. The van der Waals surface area contributed by atoms with Gasteiger partial charge in [0, 0.05) is 0 Å². The number of aliphatic carboxylic acids is 1. The first-order valence-corrected chi connectivity index (χ1v) is 4.51. The molecule has 0 heterocycles. The number of esters is 1. The Morgan fingerprint density at radius 2 is 1.87 bits per heavy atom. The van der Waals surface area contributed by atoms with Gasteiger partial charge in [0.1, 0.15) is 5.60 Å². The Morgan fingerprint density at radius 1 is 1.40 bits per heavy atom. The first-order chi connectivity index (χ1) is 6.69. The van der Waals surface area contributed by atoms with Crippen molar-refractivity contribution in [2.45, 2.75) is 32.4 Å². The Labute approximate surface area is 88.0 Å². The maximum Gasteiger partial charge on any atom is 0.322 e. The fourth-order valence-corrected chi connectivity index (χ4v) is 0.929. The normalized spacial score (nSPS) is 15.5. The van der Waals surface area contributed by atoms with Crippen LogP contribution < -0.4 is 5.73 Å². The van der Waals surface area contributed by atoms with Crippen LogP contribution in [0.25, 0.3) is 0 Å². The summed E-state index contributed by atoms with van der Waals surface area (Å²) in [5, 5.41) is 17.5. The number of nitrogens with two attached hydrogens (primary N) is 1. The molecule has 0 bridgehead atoms. The molecule has 6 nitrogen and oxygen atoms in total. The van der Waals surface area contributed by atoms with Crippen molar-refractivity contribution in [3.05, 3.63) is 0 Å². The van der Waals surface area contributed by atoms with Crippen LogP contribution in [0.2, 0.25) is 0 Å². The summed E-state index contributed by atoms with van der Waals surface area (Å²) in [6.07, 6.45) is 0. The molecule has 0 fully saturated rings. The van der Waals surface area contributed by atoms with Gasteiger partial charge in [-0.2, -0.15) is 0 Å². The van der Waals surface area contributed by atoms with E-state index in [1.165, 1.54) is 0 Å². The largest absolute Gasteiger partial charge is 0.481 e. The second-order valence-corrected chi connectivity index (χ2v) is 4.20. The van der Waals surface area contributed by atoms with Crippen molar-refractivity contribution in [2.24, 2.45) is 11.7 Å². The van der Waals surface area contributed by atoms with Crippen molar-refractivity contribution < 1.29 is 24.5 Å². The zero-order valence-corrected chi connectivity index (χ0v) is 9.06. The highest BCUT2D eigenvalue weighted by atomic mass is 16.6. The van der Waals surface area contributed by atoms with E-state index < -0.39 is 36.1 Å². The summed E-state index contributed by atoms with van der Waals surface area (Å²) in [6, 6.07) is -1.16. The molecule has 0 radical (unpaired) electrons. The summed E-state index contributed by atoms with van der Waals surface area (Å²) < 4.78 is 4.87. The number of carboxylic acids is 1. The minimum absolute atomic E-state index is 0.587. The van der Waals surface area contributed by atoms with Crippen LogP contribution in [0.1, 0.15) is 20.8 Å². The van der Waals surface area contributed by atoms with Crippen LogP contribution in [0.3, 0.4) is 0 Å². The molecule has 0 aromatic carbocycles. The second kappa shape index (κ2) is 5.09. The smallest absolute Gasteiger partial charge is 0.322 e. The second-order valence-electron chi connectivity index (χ2n) is 4.20. The van der Waals surface area contributed by atoms with Crippen molar-refractivity contribution in [3.8, 4) is 0 Å². The summed E-state index contributed by atoms with van der Waals surface area (Å²) in [7, 11) is 0. The fraction of sp³-hybridized carbons (Fsp3) is 0.778. The molecule has 88 valence electrons. The zero-order valence-electron chi connectivity index (χ0n) is 9.06. The summed E-state index contributed by atoms with van der Waals surface area (Å²) in [5.41, 5.74) is 4.53. The van der Waals surface area contributed by atoms with Gasteiger partial charge in [0.2, 0.25) is 0 Å². The number of aliphatic hydroxyl groups is 1. The van der Waals surface area contributed by atoms with Gasteiger partial charge in [0.25, 0.3) is 0 Å². The van der Waals surface area contributed by atoms with Gasteiger partial charge in [0.05, 0.1) is 12.6 Å². The Kier molecular flexibility index (Phi) is 4.70. The molecule has 0 saturated carbocycles. The number of hydrogen-bond donors (Lipinski definition) is 3. The minimum atomic E-state index is -1.53. The molecule has 0 aliphatic rings. The molecule has 0 rings (SSSR count). The lowest BCUT2D eigenvalue weighted by atomic mass is 10.0. The highest BCUT2D eigenvalue weighted by Crippen LogP contribution is 2.13.